The van der Waals surface area contributed by atoms with Gasteiger partial charge in [0.05, 0.1) is 11.4 Å². The third-order valence-electron chi connectivity index (χ3n) is 3.74. The Morgan fingerprint density at radius 3 is 1.42 bits per heavy atom. The molecule has 4 nitrogen and oxygen atoms in total. The van der Waals surface area contributed by atoms with E-state index >= 15 is 0 Å². The lowest BCUT2D eigenvalue weighted by Gasteiger charge is -1.95. The van der Waals surface area contributed by atoms with Gasteiger partial charge in [0.15, 0.2) is 0 Å². The number of benzene rings is 2. The standard InChI is InChI=1S/C20H16N2O2/c1-3-7-15(8-4-1)11-17-13-23-19(21-17)20-22-18(14-24-20)12-16-9-5-2-6-10-16/h1-10,13-14H,11-12H2. The van der Waals surface area contributed by atoms with Gasteiger partial charge < -0.3 is 8.83 Å². The summed E-state index contributed by atoms with van der Waals surface area (Å²) in [5, 5.41) is 0. The van der Waals surface area contributed by atoms with Crippen LogP contribution in [0.5, 0.6) is 0 Å². The number of aromatic nitrogens is 2. The smallest absolute Gasteiger partial charge is 0.283 e. The maximum absolute atomic E-state index is 5.52. The first-order chi connectivity index (χ1) is 11.9. The summed E-state index contributed by atoms with van der Waals surface area (Å²) in [4.78, 5) is 8.95. The second-order valence-electron chi connectivity index (χ2n) is 5.61. The Bertz CT molecular complexity index is 833. The molecule has 118 valence electrons. The van der Waals surface area contributed by atoms with E-state index in [2.05, 4.69) is 34.2 Å². The van der Waals surface area contributed by atoms with E-state index in [0.717, 1.165) is 24.2 Å². The summed E-state index contributed by atoms with van der Waals surface area (Å²) in [6, 6.07) is 20.3. The van der Waals surface area contributed by atoms with Gasteiger partial charge in [-0.05, 0) is 11.1 Å². The van der Waals surface area contributed by atoms with Crippen molar-refractivity contribution < 1.29 is 8.83 Å². The molecule has 24 heavy (non-hydrogen) atoms. The molecule has 4 heteroatoms. The normalized spacial score (nSPS) is 10.8. The average molecular weight is 316 g/mol. The molecule has 0 radical (unpaired) electrons. The van der Waals surface area contributed by atoms with Gasteiger partial charge in [-0.2, -0.15) is 0 Å². The van der Waals surface area contributed by atoms with Gasteiger partial charge in [-0.3, -0.25) is 0 Å². The van der Waals surface area contributed by atoms with Crippen LogP contribution < -0.4 is 0 Å². The largest absolute Gasteiger partial charge is 0.441 e. The molecule has 0 fully saturated rings. The van der Waals surface area contributed by atoms with Gasteiger partial charge in [-0.15, -0.1) is 0 Å². The second-order valence-corrected chi connectivity index (χ2v) is 5.61. The molecule has 0 atom stereocenters. The minimum atomic E-state index is 0.417. The first-order valence-electron chi connectivity index (χ1n) is 7.84. The van der Waals surface area contributed by atoms with Crippen molar-refractivity contribution in [2.75, 3.05) is 0 Å². The Balaban J connectivity index is 1.49. The van der Waals surface area contributed by atoms with Crippen molar-refractivity contribution in [3.05, 3.63) is 95.7 Å². The SMILES string of the molecule is c1ccc(Cc2coc(-c3nc(Cc4ccccc4)co3)n2)cc1. The molecular formula is C20H16N2O2. The van der Waals surface area contributed by atoms with Crippen molar-refractivity contribution in [1.29, 1.82) is 0 Å². The quantitative estimate of drug-likeness (QED) is 0.543. The van der Waals surface area contributed by atoms with Crippen molar-refractivity contribution >= 4 is 0 Å². The van der Waals surface area contributed by atoms with E-state index in [4.69, 9.17) is 8.83 Å². The van der Waals surface area contributed by atoms with Gasteiger partial charge in [0.25, 0.3) is 11.8 Å². The second kappa shape index (κ2) is 6.54. The van der Waals surface area contributed by atoms with Crippen LogP contribution in [0.15, 0.2) is 82.0 Å². The third-order valence-corrected chi connectivity index (χ3v) is 3.74. The highest BCUT2D eigenvalue weighted by molar-refractivity contribution is 5.39. The predicted octanol–water partition coefficient (Wildman–Crippen LogP) is 4.51. The van der Waals surface area contributed by atoms with Crippen LogP contribution in [0.4, 0.5) is 0 Å². The Morgan fingerprint density at radius 1 is 0.583 bits per heavy atom. The number of nitrogens with zero attached hydrogens (tertiary/aromatic N) is 2. The van der Waals surface area contributed by atoms with E-state index in [1.165, 1.54) is 11.1 Å². The monoisotopic (exact) mass is 316 g/mol. The van der Waals surface area contributed by atoms with Gasteiger partial charge >= 0.3 is 0 Å². The molecule has 0 amide bonds. The highest BCUT2D eigenvalue weighted by Crippen LogP contribution is 2.20. The average Bonchev–Trinajstić information content (AvgIpc) is 3.26. The van der Waals surface area contributed by atoms with E-state index in [0.29, 0.717) is 11.8 Å². The fraction of sp³-hybridized carbons (Fsp3) is 0.100. The number of rotatable bonds is 5. The Labute approximate surface area is 139 Å². The lowest BCUT2D eigenvalue weighted by Crippen LogP contribution is -1.89. The maximum Gasteiger partial charge on any atom is 0.283 e. The molecule has 0 aliphatic heterocycles. The molecular weight excluding hydrogens is 300 g/mol. The topological polar surface area (TPSA) is 52.1 Å². The maximum atomic E-state index is 5.52. The molecule has 0 saturated carbocycles. The molecule has 2 aromatic carbocycles. The summed E-state index contributed by atoms with van der Waals surface area (Å²) >= 11 is 0. The van der Waals surface area contributed by atoms with Crippen LogP contribution in [0, 0.1) is 0 Å². The number of hydrogen-bond acceptors (Lipinski definition) is 4. The molecule has 0 aliphatic rings. The fourth-order valence-electron chi connectivity index (χ4n) is 2.58. The number of oxazole rings is 2. The molecule has 2 heterocycles. The zero-order chi connectivity index (χ0) is 16.2. The van der Waals surface area contributed by atoms with E-state index in [1.807, 2.05) is 36.4 Å². The molecule has 4 aromatic rings. The fourth-order valence-corrected chi connectivity index (χ4v) is 2.58. The summed E-state index contributed by atoms with van der Waals surface area (Å²) in [5.41, 5.74) is 4.10. The van der Waals surface area contributed by atoms with Crippen LogP contribution in [-0.4, -0.2) is 9.97 Å². The molecule has 0 unspecified atom stereocenters. The summed E-state index contributed by atoms with van der Waals surface area (Å²) in [5.74, 6) is 0.834. The zero-order valence-corrected chi connectivity index (χ0v) is 13.1. The van der Waals surface area contributed by atoms with E-state index < -0.39 is 0 Å². The molecule has 0 bridgehead atoms. The van der Waals surface area contributed by atoms with Gasteiger partial charge in [-0.1, -0.05) is 60.7 Å². The summed E-state index contributed by atoms with van der Waals surface area (Å²) in [6.45, 7) is 0. The van der Waals surface area contributed by atoms with E-state index in [9.17, 15) is 0 Å². The molecule has 0 saturated heterocycles. The molecule has 0 aliphatic carbocycles. The van der Waals surface area contributed by atoms with Crippen molar-refractivity contribution in [3.63, 3.8) is 0 Å². The van der Waals surface area contributed by atoms with Crippen LogP contribution in [0.2, 0.25) is 0 Å². The van der Waals surface area contributed by atoms with E-state index in [-0.39, 0.29) is 0 Å². The van der Waals surface area contributed by atoms with Gasteiger partial charge in [0.2, 0.25) is 0 Å². The van der Waals surface area contributed by atoms with Crippen LogP contribution in [0.1, 0.15) is 22.5 Å². The van der Waals surface area contributed by atoms with Crippen LogP contribution in [0.25, 0.3) is 11.8 Å². The van der Waals surface area contributed by atoms with Crippen molar-refractivity contribution in [2.24, 2.45) is 0 Å². The summed E-state index contributed by atoms with van der Waals surface area (Å²) < 4.78 is 11.0. The Kier molecular flexibility index (Phi) is 3.94. The molecule has 0 N–H and O–H groups in total. The predicted molar refractivity (Wildman–Crippen MR) is 90.5 cm³/mol. The highest BCUT2D eigenvalue weighted by Gasteiger charge is 2.13. The highest BCUT2D eigenvalue weighted by atomic mass is 16.4. The molecule has 2 aromatic heterocycles. The van der Waals surface area contributed by atoms with Crippen molar-refractivity contribution in [2.45, 2.75) is 12.8 Å². The lowest BCUT2D eigenvalue weighted by molar-refractivity contribution is 0.509. The van der Waals surface area contributed by atoms with Crippen molar-refractivity contribution in [1.82, 2.24) is 9.97 Å². The first kappa shape index (κ1) is 14.5. The first-order valence-corrected chi connectivity index (χ1v) is 7.84. The lowest BCUT2D eigenvalue weighted by atomic mass is 10.1. The minimum Gasteiger partial charge on any atom is -0.441 e. The van der Waals surface area contributed by atoms with Gasteiger partial charge in [0.1, 0.15) is 12.5 Å². The van der Waals surface area contributed by atoms with Crippen molar-refractivity contribution in [3.8, 4) is 11.8 Å². The summed E-state index contributed by atoms with van der Waals surface area (Å²) in [6.07, 6.45) is 4.76. The minimum absolute atomic E-state index is 0.417. The molecule has 0 spiro atoms. The Morgan fingerprint density at radius 2 is 1.00 bits per heavy atom. The van der Waals surface area contributed by atoms with E-state index in [1.54, 1.807) is 12.5 Å². The van der Waals surface area contributed by atoms with Crippen LogP contribution in [0.3, 0.4) is 0 Å². The zero-order valence-electron chi connectivity index (χ0n) is 13.1. The number of hydrogen-bond donors (Lipinski definition) is 0. The van der Waals surface area contributed by atoms with Gasteiger partial charge in [-0.25, -0.2) is 9.97 Å². The van der Waals surface area contributed by atoms with Gasteiger partial charge in [0, 0.05) is 12.8 Å². The van der Waals surface area contributed by atoms with Crippen LogP contribution >= 0.6 is 0 Å². The van der Waals surface area contributed by atoms with Crippen LogP contribution in [-0.2, 0) is 12.8 Å². The third kappa shape index (κ3) is 3.27. The summed E-state index contributed by atoms with van der Waals surface area (Å²) in [7, 11) is 0. The Hall–Kier alpha value is -3.14. The molecule has 4 rings (SSSR count).